The molecule has 4 saturated carbocycles. The average Bonchev–Trinajstić information content (AvgIpc) is 2.36. The Morgan fingerprint density at radius 1 is 1.00 bits per heavy atom. The summed E-state index contributed by atoms with van der Waals surface area (Å²) in [5.74, 6) is 2.82. The highest BCUT2D eigenvalue weighted by molar-refractivity contribution is 5.20. The summed E-state index contributed by atoms with van der Waals surface area (Å²) in [5, 5.41) is 0. The van der Waals surface area contributed by atoms with Crippen LogP contribution in [0.15, 0.2) is 30.3 Å². The third-order valence-electron chi connectivity index (χ3n) is 5.94. The standard InChI is InChI=1S/C17H23N/c18-16-15-7-13-6-14(8-15)11-17(16,10-13)9-12-4-2-1-3-5-12/h1-5,13-16H,6-11,18H2/t13-,14+,15?,16?,17?. The van der Waals surface area contributed by atoms with Crippen molar-refractivity contribution in [2.75, 3.05) is 0 Å². The van der Waals surface area contributed by atoms with Gasteiger partial charge in [0.05, 0.1) is 0 Å². The summed E-state index contributed by atoms with van der Waals surface area (Å²) in [6.45, 7) is 0. The van der Waals surface area contributed by atoms with E-state index in [0.717, 1.165) is 17.8 Å². The third kappa shape index (κ3) is 1.56. The second-order valence-corrected chi connectivity index (χ2v) is 7.16. The fourth-order valence-corrected chi connectivity index (χ4v) is 5.51. The van der Waals surface area contributed by atoms with Gasteiger partial charge in [-0.25, -0.2) is 0 Å². The van der Waals surface area contributed by atoms with Crippen molar-refractivity contribution in [3.63, 3.8) is 0 Å². The van der Waals surface area contributed by atoms with Crippen LogP contribution in [0.1, 0.15) is 37.7 Å². The quantitative estimate of drug-likeness (QED) is 0.844. The predicted octanol–water partition coefficient (Wildman–Crippen LogP) is 3.38. The van der Waals surface area contributed by atoms with E-state index in [9.17, 15) is 0 Å². The lowest BCUT2D eigenvalue weighted by Gasteiger charge is -2.60. The molecule has 4 bridgehead atoms. The Balaban J connectivity index is 1.65. The molecule has 1 aromatic carbocycles. The molecular formula is C17H23N. The van der Waals surface area contributed by atoms with Gasteiger partial charge in [-0.1, -0.05) is 30.3 Å². The highest BCUT2D eigenvalue weighted by Crippen LogP contribution is 2.60. The lowest BCUT2D eigenvalue weighted by molar-refractivity contribution is -0.0714. The van der Waals surface area contributed by atoms with Crippen LogP contribution in [0.5, 0.6) is 0 Å². The van der Waals surface area contributed by atoms with Crippen LogP contribution >= 0.6 is 0 Å². The average molecular weight is 241 g/mol. The molecule has 5 atom stereocenters. The Hall–Kier alpha value is -0.820. The van der Waals surface area contributed by atoms with Crippen molar-refractivity contribution in [2.24, 2.45) is 28.9 Å². The molecule has 0 aliphatic heterocycles. The van der Waals surface area contributed by atoms with Gasteiger partial charge in [-0.15, -0.1) is 0 Å². The van der Waals surface area contributed by atoms with Crippen LogP contribution in [0.2, 0.25) is 0 Å². The number of benzene rings is 1. The molecule has 0 radical (unpaired) electrons. The van der Waals surface area contributed by atoms with E-state index >= 15 is 0 Å². The monoisotopic (exact) mass is 241 g/mol. The van der Waals surface area contributed by atoms with Crippen molar-refractivity contribution in [3.05, 3.63) is 35.9 Å². The molecule has 18 heavy (non-hydrogen) atoms. The van der Waals surface area contributed by atoms with E-state index in [1.54, 1.807) is 0 Å². The SMILES string of the molecule is NC1C2C[C@@H]3C[C@H](C2)CC1(Cc1ccccc1)C3. The van der Waals surface area contributed by atoms with Gasteiger partial charge < -0.3 is 5.73 Å². The molecule has 0 amide bonds. The van der Waals surface area contributed by atoms with E-state index < -0.39 is 0 Å². The van der Waals surface area contributed by atoms with Gasteiger partial charge in [0, 0.05) is 6.04 Å². The molecule has 2 N–H and O–H groups in total. The second-order valence-electron chi connectivity index (χ2n) is 7.16. The van der Waals surface area contributed by atoms with Crippen LogP contribution in [-0.4, -0.2) is 6.04 Å². The van der Waals surface area contributed by atoms with E-state index in [0.29, 0.717) is 11.5 Å². The summed E-state index contributed by atoms with van der Waals surface area (Å²) in [5.41, 5.74) is 8.59. The van der Waals surface area contributed by atoms with Crippen LogP contribution < -0.4 is 5.73 Å². The highest BCUT2D eigenvalue weighted by atomic mass is 14.8. The predicted molar refractivity (Wildman–Crippen MR) is 74.1 cm³/mol. The number of nitrogens with two attached hydrogens (primary N) is 1. The first-order chi connectivity index (χ1) is 8.75. The number of rotatable bonds is 2. The second kappa shape index (κ2) is 3.84. The van der Waals surface area contributed by atoms with Crippen LogP contribution in [-0.2, 0) is 6.42 Å². The maximum Gasteiger partial charge on any atom is 0.0128 e. The van der Waals surface area contributed by atoms with Gasteiger partial charge >= 0.3 is 0 Å². The van der Waals surface area contributed by atoms with Gasteiger partial charge in [0.25, 0.3) is 0 Å². The molecule has 96 valence electrons. The van der Waals surface area contributed by atoms with Crippen LogP contribution in [0.3, 0.4) is 0 Å². The summed E-state index contributed by atoms with van der Waals surface area (Å²) in [6.07, 6.45) is 8.37. The first-order valence-electron chi connectivity index (χ1n) is 7.55. The van der Waals surface area contributed by atoms with Crippen molar-refractivity contribution >= 4 is 0 Å². The minimum absolute atomic E-state index is 0.441. The van der Waals surface area contributed by atoms with Crippen LogP contribution in [0.4, 0.5) is 0 Å². The smallest absolute Gasteiger partial charge is 0.0128 e. The molecule has 1 aromatic rings. The Bertz CT molecular complexity index is 424. The van der Waals surface area contributed by atoms with Gasteiger partial charge in [0.15, 0.2) is 0 Å². The zero-order chi connectivity index (χ0) is 12.2. The Morgan fingerprint density at radius 2 is 1.67 bits per heavy atom. The van der Waals surface area contributed by atoms with Crippen molar-refractivity contribution in [3.8, 4) is 0 Å². The molecule has 0 spiro atoms. The maximum atomic E-state index is 6.65. The Labute approximate surface area is 110 Å². The molecule has 4 fully saturated rings. The van der Waals surface area contributed by atoms with Gasteiger partial charge in [-0.2, -0.15) is 0 Å². The first kappa shape index (κ1) is 11.0. The molecule has 0 saturated heterocycles. The molecule has 1 nitrogen and oxygen atoms in total. The van der Waals surface area contributed by atoms with E-state index in [2.05, 4.69) is 30.3 Å². The minimum Gasteiger partial charge on any atom is -0.327 e. The van der Waals surface area contributed by atoms with Crippen molar-refractivity contribution < 1.29 is 0 Å². The molecule has 1 heteroatoms. The molecule has 5 rings (SSSR count). The normalized spacial score (nSPS) is 45.4. The minimum atomic E-state index is 0.441. The summed E-state index contributed by atoms with van der Waals surface area (Å²) < 4.78 is 0. The van der Waals surface area contributed by atoms with Gasteiger partial charge in [0.1, 0.15) is 0 Å². The summed E-state index contributed by atoms with van der Waals surface area (Å²) in [7, 11) is 0. The Kier molecular flexibility index (Phi) is 2.35. The lowest BCUT2D eigenvalue weighted by atomic mass is 9.46. The van der Waals surface area contributed by atoms with E-state index in [1.807, 2.05) is 0 Å². The summed E-state index contributed by atoms with van der Waals surface area (Å²) in [6, 6.07) is 11.5. The van der Waals surface area contributed by atoms with E-state index in [-0.39, 0.29) is 0 Å². The Morgan fingerprint density at radius 3 is 2.33 bits per heavy atom. The molecule has 4 aliphatic carbocycles. The lowest BCUT2D eigenvalue weighted by Crippen LogP contribution is -2.60. The van der Waals surface area contributed by atoms with Crippen molar-refractivity contribution in [1.29, 1.82) is 0 Å². The number of hydrogen-bond acceptors (Lipinski definition) is 1. The molecule has 3 unspecified atom stereocenters. The zero-order valence-corrected chi connectivity index (χ0v) is 11.0. The topological polar surface area (TPSA) is 26.0 Å². The fraction of sp³-hybridized carbons (Fsp3) is 0.647. The zero-order valence-electron chi connectivity index (χ0n) is 11.0. The van der Waals surface area contributed by atoms with Gasteiger partial charge in [0.2, 0.25) is 0 Å². The van der Waals surface area contributed by atoms with Crippen LogP contribution in [0.25, 0.3) is 0 Å². The first-order valence-corrected chi connectivity index (χ1v) is 7.55. The number of hydrogen-bond donors (Lipinski definition) is 1. The van der Waals surface area contributed by atoms with Crippen molar-refractivity contribution in [1.82, 2.24) is 0 Å². The van der Waals surface area contributed by atoms with Crippen molar-refractivity contribution in [2.45, 2.75) is 44.6 Å². The maximum absolute atomic E-state index is 6.65. The third-order valence-corrected chi connectivity index (χ3v) is 5.94. The van der Waals surface area contributed by atoms with Gasteiger partial charge in [-0.05, 0) is 67.3 Å². The molecular weight excluding hydrogens is 218 g/mol. The van der Waals surface area contributed by atoms with E-state index in [1.165, 1.54) is 44.1 Å². The van der Waals surface area contributed by atoms with E-state index in [4.69, 9.17) is 5.73 Å². The summed E-state index contributed by atoms with van der Waals surface area (Å²) >= 11 is 0. The molecule has 0 aromatic heterocycles. The van der Waals surface area contributed by atoms with Crippen LogP contribution in [0, 0.1) is 23.2 Å². The summed E-state index contributed by atoms with van der Waals surface area (Å²) in [4.78, 5) is 0. The van der Waals surface area contributed by atoms with Gasteiger partial charge in [-0.3, -0.25) is 0 Å². The molecule has 0 heterocycles. The molecule has 4 aliphatic rings. The fourth-order valence-electron chi connectivity index (χ4n) is 5.51. The highest BCUT2D eigenvalue weighted by Gasteiger charge is 2.55. The largest absolute Gasteiger partial charge is 0.327 e.